The number of hydrogen-bond acceptors (Lipinski definition) is 5. The molecule has 1 aliphatic heterocycles. The first-order valence-electron chi connectivity index (χ1n) is 6.93. The Hall–Kier alpha value is -1.01. The molecule has 3 heterocycles. The summed E-state index contributed by atoms with van der Waals surface area (Å²) in [6, 6.07) is 0.369. The van der Waals surface area contributed by atoms with Gasteiger partial charge in [0.1, 0.15) is 5.01 Å². The van der Waals surface area contributed by atoms with E-state index in [1.165, 1.54) is 12.8 Å². The van der Waals surface area contributed by atoms with E-state index in [0.29, 0.717) is 12.0 Å². The van der Waals surface area contributed by atoms with E-state index < -0.39 is 0 Å². The number of hydrogen-bond donors (Lipinski definition) is 1. The molecule has 0 saturated carbocycles. The van der Waals surface area contributed by atoms with Crippen LogP contribution in [0.25, 0.3) is 4.96 Å². The highest BCUT2D eigenvalue weighted by atomic mass is 32.1. The summed E-state index contributed by atoms with van der Waals surface area (Å²) in [6.07, 6.45) is 2.53. The minimum atomic E-state index is -0.0314. The Bertz CT molecular complexity index is 579. The van der Waals surface area contributed by atoms with Crippen LogP contribution in [0.15, 0.2) is 0 Å². The molecular formula is C13H21N5S. The molecule has 19 heavy (non-hydrogen) atoms. The quantitative estimate of drug-likeness (QED) is 0.871. The lowest BCUT2D eigenvalue weighted by atomic mass is 9.93. The largest absolute Gasteiger partial charge is 0.308 e. The maximum Gasteiger partial charge on any atom is 0.234 e. The molecule has 6 heteroatoms. The Morgan fingerprint density at radius 2 is 2.11 bits per heavy atom. The van der Waals surface area contributed by atoms with Crippen molar-refractivity contribution in [2.24, 2.45) is 5.92 Å². The van der Waals surface area contributed by atoms with Crippen LogP contribution in [0, 0.1) is 5.92 Å². The molecule has 0 aromatic carbocycles. The fraction of sp³-hybridized carbons (Fsp3) is 0.769. The SMILES string of the molecule is CC1CCCNC1c1nn2c(C(C)(C)C)nnc2s1. The van der Waals surface area contributed by atoms with Crippen molar-refractivity contribution in [1.29, 1.82) is 0 Å². The van der Waals surface area contributed by atoms with Crippen molar-refractivity contribution >= 4 is 16.3 Å². The molecule has 1 aliphatic rings. The topological polar surface area (TPSA) is 55.1 Å². The highest BCUT2D eigenvalue weighted by Crippen LogP contribution is 2.32. The van der Waals surface area contributed by atoms with Crippen molar-refractivity contribution in [2.75, 3.05) is 6.54 Å². The van der Waals surface area contributed by atoms with Crippen LogP contribution in [0.2, 0.25) is 0 Å². The van der Waals surface area contributed by atoms with Crippen molar-refractivity contribution in [3.63, 3.8) is 0 Å². The summed E-state index contributed by atoms with van der Waals surface area (Å²) >= 11 is 1.66. The van der Waals surface area contributed by atoms with Crippen LogP contribution in [0.3, 0.4) is 0 Å². The molecule has 1 saturated heterocycles. The predicted octanol–water partition coefficient (Wildman–Crippen LogP) is 2.54. The average molecular weight is 279 g/mol. The molecular weight excluding hydrogens is 258 g/mol. The molecule has 0 radical (unpaired) electrons. The van der Waals surface area contributed by atoms with Gasteiger partial charge in [-0.2, -0.15) is 9.61 Å². The van der Waals surface area contributed by atoms with Crippen molar-refractivity contribution in [3.8, 4) is 0 Å². The van der Waals surface area contributed by atoms with E-state index in [0.717, 1.165) is 22.3 Å². The van der Waals surface area contributed by atoms with E-state index in [1.54, 1.807) is 11.3 Å². The lowest BCUT2D eigenvalue weighted by molar-refractivity contribution is 0.303. The van der Waals surface area contributed by atoms with Crippen LogP contribution in [0.5, 0.6) is 0 Å². The Balaban J connectivity index is 2.00. The lowest BCUT2D eigenvalue weighted by Crippen LogP contribution is -2.32. The molecule has 2 unspecified atom stereocenters. The van der Waals surface area contributed by atoms with E-state index in [1.807, 2.05) is 4.52 Å². The molecule has 2 aromatic rings. The predicted molar refractivity (Wildman–Crippen MR) is 76.5 cm³/mol. The van der Waals surface area contributed by atoms with Crippen LogP contribution < -0.4 is 5.32 Å². The fourth-order valence-corrected chi connectivity index (χ4v) is 3.65. The molecule has 5 nitrogen and oxygen atoms in total. The van der Waals surface area contributed by atoms with Gasteiger partial charge in [-0.05, 0) is 25.3 Å². The van der Waals surface area contributed by atoms with Gasteiger partial charge in [0.2, 0.25) is 4.96 Å². The number of nitrogens with zero attached hydrogens (tertiary/aromatic N) is 4. The maximum absolute atomic E-state index is 4.76. The Morgan fingerprint density at radius 3 is 2.79 bits per heavy atom. The van der Waals surface area contributed by atoms with Crippen molar-refractivity contribution in [1.82, 2.24) is 25.1 Å². The zero-order chi connectivity index (χ0) is 13.6. The third kappa shape index (κ3) is 2.27. The van der Waals surface area contributed by atoms with Crippen molar-refractivity contribution < 1.29 is 0 Å². The monoisotopic (exact) mass is 279 g/mol. The van der Waals surface area contributed by atoms with E-state index in [9.17, 15) is 0 Å². The molecule has 104 valence electrons. The molecule has 0 amide bonds. The summed E-state index contributed by atoms with van der Waals surface area (Å²) in [5, 5.41) is 18.0. The summed E-state index contributed by atoms with van der Waals surface area (Å²) in [7, 11) is 0. The van der Waals surface area contributed by atoms with Crippen molar-refractivity contribution in [3.05, 3.63) is 10.8 Å². The molecule has 1 N–H and O–H groups in total. The number of fused-ring (bicyclic) bond motifs is 1. The number of piperidine rings is 1. The van der Waals surface area contributed by atoms with E-state index in [-0.39, 0.29) is 5.41 Å². The number of rotatable bonds is 1. The highest BCUT2D eigenvalue weighted by molar-refractivity contribution is 7.16. The summed E-state index contributed by atoms with van der Waals surface area (Å²) < 4.78 is 1.92. The molecule has 0 spiro atoms. The first-order chi connectivity index (χ1) is 8.97. The first-order valence-corrected chi connectivity index (χ1v) is 7.74. The second-order valence-electron chi connectivity index (χ2n) is 6.46. The van der Waals surface area contributed by atoms with Gasteiger partial charge in [0, 0.05) is 5.41 Å². The van der Waals surface area contributed by atoms with Gasteiger partial charge in [0.15, 0.2) is 5.82 Å². The first kappa shape index (κ1) is 13.0. The second kappa shape index (κ2) is 4.52. The minimum absolute atomic E-state index is 0.0314. The van der Waals surface area contributed by atoms with Crippen LogP contribution in [-0.4, -0.2) is 26.4 Å². The minimum Gasteiger partial charge on any atom is -0.308 e. The normalized spacial score (nSPS) is 25.1. The number of nitrogens with one attached hydrogen (secondary N) is 1. The van der Waals surface area contributed by atoms with Gasteiger partial charge in [-0.3, -0.25) is 0 Å². The highest BCUT2D eigenvalue weighted by Gasteiger charge is 2.28. The standard InChI is InChI=1S/C13H21N5S/c1-8-6-5-7-14-9(8)10-17-18-11(13(2,3)4)15-16-12(18)19-10/h8-9,14H,5-7H2,1-4H3. The third-order valence-corrected chi connectivity index (χ3v) is 4.69. The molecule has 0 bridgehead atoms. The van der Waals surface area contributed by atoms with Gasteiger partial charge in [0.05, 0.1) is 6.04 Å². The lowest BCUT2D eigenvalue weighted by Gasteiger charge is -2.27. The van der Waals surface area contributed by atoms with E-state index in [2.05, 4.69) is 43.2 Å². The van der Waals surface area contributed by atoms with E-state index >= 15 is 0 Å². The average Bonchev–Trinajstić information content (AvgIpc) is 2.86. The summed E-state index contributed by atoms with van der Waals surface area (Å²) in [6.45, 7) is 9.81. The van der Waals surface area contributed by atoms with Gasteiger partial charge in [0.25, 0.3) is 0 Å². The van der Waals surface area contributed by atoms with Crippen LogP contribution >= 0.6 is 11.3 Å². The van der Waals surface area contributed by atoms with Gasteiger partial charge in [-0.1, -0.05) is 39.0 Å². The zero-order valence-corrected chi connectivity index (χ0v) is 12.8. The Kier molecular flexibility index (Phi) is 3.09. The fourth-order valence-electron chi connectivity index (χ4n) is 2.61. The Morgan fingerprint density at radius 1 is 1.32 bits per heavy atom. The van der Waals surface area contributed by atoms with Gasteiger partial charge >= 0.3 is 0 Å². The summed E-state index contributed by atoms with van der Waals surface area (Å²) in [5.74, 6) is 1.57. The van der Waals surface area contributed by atoms with Gasteiger partial charge < -0.3 is 5.32 Å². The number of aromatic nitrogens is 4. The Labute approximate surface area is 117 Å². The van der Waals surface area contributed by atoms with Gasteiger partial charge in [-0.15, -0.1) is 10.2 Å². The van der Waals surface area contributed by atoms with Crippen LogP contribution in [0.4, 0.5) is 0 Å². The second-order valence-corrected chi connectivity index (χ2v) is 7.45. The molecule has 3 rings (SSSR count). The zero-order valence-electron chi connectivity index (χ0n) is 12.0. The smallest absolute Gasteiger partial charge is 0.234 e. The van der Waals surface area contributed by atoms with Crippen LogP contribution in [-0.2, 0) is 5.41 Å². The summed E-state index contributed by atoms with van der Waals surface area (Å²) in [4.78, 5) is 0.902. The molecule has 2 aromatic heterocycles. The van der Waals surface area contributed by atoms with Crippen LogP contribution in [0.1, 0.15) is 57.4 Å². The van der Waals surface area contributed by atoms with Gasteiger partial charge in [-0.25, -0.2) is 0 Å². The van der Waals surface area contributed by atoms with E-state index in [4.69, 9.17) is 5.10 Å². The molecule has 1 fully saturated rings. The maximum atomic E-state index is 4.76. The van der Waals surface area contributed by atoms with Crippen molar-refractivity contribution in [2.45, 2.75) is 52.0 Å². The molecule has 0 aliphatic carbocycles. The molecule has 2 atom stereocenters. The summed E-state index contributed by atoms with van der Waals surface area (Å²) in [5.41, 5.74) is -0.0314. The third-order valence-electron chi connectivity index (χ3n) is 3.71.